The Morgan fingerprint density at radius 3 is 2.65 bits per heavy atom. The SMILES string of the molecule is CC(NC1CCCC(N)C1)c1ccc(Cl)cc1. The van der Waals surface area contributed by atoms with Crippen molar-refractivity contribution in [3.8, 4) is 0 Å². The molecule has 1 aromatic rings. The van der Waals surface area contributed by atoms with Crippen LogP contribution in [0, 0.1) is 0 Å². The molecule has 0 bridgehead atoms. The molecule has 1 aliphatic carbocycles. The third kappa shape index (κ3) is 3.70. The van der Waals surface area contributed by atoms with Crippen LogP contribution in [0.5, 0.6) is 0 Å². The predicted molar refractivity (Wildman–Crippen MR) is 73.2 cm³/mol. The van der Waals surface area contributed by atoms with E-state index < -0.39 is 0 Å². The highest BCUT2D eigenvalue weighted by Gasteiger charge is 2.20. The van der Waals surface area contributed by atoms with E-state index in [1.807, 2.05) is 12.1 Å². The van der Waals surface area contributed by atoms with E-state index in [1.54, 1.807) is 0 Å². The number of nitrogens with two attached hydrogens (primary N) is 1. The second kappa shape index (κ2) is 5.85. The minimum absolute atomic E-state index is 0.363. The van der Waals surface area contributed by atoms with Crippen molar-refractivity contribution in [2.24, 2.45) is 5.73 Å². The van der Waals surface area contributed by atoms with Crippen LogP contribution in [0.2, 0.25) is 5.02 Å². The maximum atomic E-state index is 6.00. The van der Waals surface area contributed by atoms with E-state index in [0.717, 1.165) is 11.4 Å². The Morgan fingerprint density at radius 1 is 1.29 bits per heavy atom. The van der Waals surface area contributed by atoms with Gasteiger partial charge in [-0.2, -0.15) is 0 Å². The van der Waals surface area contributed by atoms with Crippen LogP contribution in [0.25, 0.3) is 0 Å². The summed E-state index contributed by atoms with van der Waals surface area (Å²) in [6.07, 6.45) is 4.75. The third-order valence-electron chi connectivity index (χ3n) is 3.57. The van der Waals surface area contributed by atoms with Gasteiger partial charge in [0.15, 0.2) is 0 Å². The van der Waals surface area contributed by atoms with Gasteiger partial charge in [0.05, 0.1) is 0 Å². The molecule has 0 aromatic heterocycles. The molecule has 1 fully saturated rings. The minimum atomic E-state index is 0.363. The Balaban J connectivity index is 1.91. The van der Waals surface area contributed by atoms with E-state index in [4.69, 9.17) is 17.3 Å². The van der Waals surface area contributed by atoms with E-state index >= 15 is 0 Å². The molecule has 3 unspecified atom stereocenters. The van der Waals surface area contributed by atoms with Crippen LogP contribution in [-0.2, 0) is 0 Å². The summed E-state index contributed by atoms with van der Waals surface area (Å²) in [5.41, 5.74) is 7.29. The van der Waals surface area contributed by atoms with Crippen molar-refractivity contribution in [3.05, 3.63) is 34.9 Å². The summed E-state index contributed by atoms with van der Waals surface area (Å²) in [7, 11) is 0. The maximum Gasteiger partial charge on any atom is 0.0406 e. The molecule has 0 aliphatic heterocycles. The highest BCUT2D eigenvalue weighted by Crippen LogP contribution is 2.22. The van der Waals surface area contributed by atoms with E-state index in [9.17, 15) is 0 Å². The first-order valence-corrected chi connectivity index (χ1v) is 6.80. The first kappa shape index (κ1) is 12.9. The molecular formula is C14H21ClN2. The lowest BCUT2D eigenvalue weighted by Crippen LogP contribution is -2.40. The molecule has 3 atom stereocenters. The highest BCUT2D eigenvalue weighted by atomic mass is 35.5. The van der Waals surface area contributed by atoms with Gasteiger partial charge in [0.25, 0.3) is 0 Å². The van der Waals surface area contributed by atoms with Crippen LogP contribution in [-0.4, -0.2) is 12.1 Å². The molecule has 0 amide bonds. The van der Waals surface area contributed by atoms with Crippen LogP contribution in [0.15, 0.2) is 24.3 Å². The molecule has 2 rings (SSSR count). The smallest absolute Gasteiger partial charge is 0.0406 e. The number of benzene rings is 1. The van der Waals surface area contributed by atoms with Crippen molar-refractivity contribution in [2.75, 3.05) is 0 Å². The fourth-order valence-corrected chi connectivity index (χ4v) is 2.71. The highest BCUT2D eigenvalue weighted by molar-refractivity contribution is 6.30. The van der Waals surface area contributed by atoms with Gasteiger partial charge in [-0.25, -0.2) is 0 Å². The van der Waals surface area contributed by atoms with Gasteiger partial charge >= 0.3 is 0 Å². The van der Waals surface area contributed by atoms with E-state index in [0.29, 0.717) is 18.1 Å². The zero-order valence-corrected chi connectivity index (χ0v) is 11.1. The minimum Gasteiger partial charge on any atom is -0.328 e. The van der Waals surface area contributed by atoms with Crippen LogP contribution >= 0.6 is 11.6 Å². The summed E-state index contributed by atoms with van der Waals surface area (Å²) in [6, 6.07) is 9.36. The van der Waals surface area contributed by atoms with Crippen molar-refractivity contribution in [2.45, 2.75) is 50.7 Å². The summed E-state index contributed by atoms with van der Waals surface area (Å²) in [5, 5.41) is 4.45. The first-order chi connectivity index (χ1) is 8.15. The van der Waals surface area contributed by atoms with Crippen LogP contribution in [0.4, 0.5) is 0 Å². The van der Waals surface area contributed by atoms with Crippen LogP contribution in [0.1, 0.15) is 44.2 Å². The Morgan fingerprint density at radius 2 is 2.00 bits per heavy atom. The molecule has 1 saturated carbocycles. The molecule has 3 N–H and O–H groups in total. The molecule has 0 spiro atoms. The Labute approximate surface area is 109 Å². The molecule has 0 saturated heterocycles. The zero-order chi connectivity index (χ0) is 12.3. The lowest BCUT2D eigenvalue weighted by Gasteiger charge is -2.30. The van der Waals surface area contributed by atoms with Gasteiger partial charge in [-0.3, -0.25) is 0 Å². The Bertz CT molecular complexity index is 350. The molecule has 1 aliphatic rings. The van der Waals surface area contributed by atoms with Gasteiger partial charge in [-0.15, -0.1) is 0 Å². The van der Waals surface area contributed by atoms with Gasteiger partial charge in [0.2, 0.25) is 0 Å². The summed E-state index contributed by atoms with van der Waals surface area (Å²) < 4.78 is 0. The van der Waals surface area contributed by atoms with E-state index in [-0.39, 0.29) is 0 Å². The molecule has 17 heavy (non-hydrogen) atoms. The van der Waals surface area contributed by atoms with Crippen LogP contribution in [0.3, 0.4) is 0 Å². The van der Waals surface area contributed by atoms with Crippen molar-refractivity contribution in [1.29, 1.82) is 0 Å². The monoisotopic (exact) mass is 252 g/mol. The first-order valence-electron chi connectivity index (χ1n) is 6.42. The van der Waals surface area contributed by atoms with E-state index in [2.05, 4.69) is 24.4 Å². The largest absolute Gasteiger partial charge is 0.328 e. The van der Waals surface area contributed by atoms with Gasteiger partial charge < -0.3 is 11.1 Å². The van der Waals surface area contributed by atoms with Crippen molar-refractivity contribution in [1.82, 2.24) is 5.32 Å². The van der Waals surface area contributed by atoms with Crippen LogP contribution < -0.4 is 11.1 Å². The number of rotatable bonds is 3. The summed E-state index contributed by atoms with van der Waals surface area (Å²) >= 11 is 5.89. The van der Waals surface area contributed by atoms with Crippen molar-refractivity contribution < 1.29 is 0 Å². The zero-order valence-electron chi connectivity index (χ0n) is 10.3. The van der Waals surface area contributed by atoms with Crippen molar-refractivity contribution in [3.63, 3.8) is 0 Å². The second-order valence-electron chi connectivity index (χ2n) is 5.06. The van der Waals surface area contributed by atoms with E-state index in [1.165, 1.54) is 24.8 Å². The lowest BCUT2D eigenvalue weighted by molar-refractivity contribution is 0.319. The second-order valence-corrected chi connectivity index (χ2v) is 5.50. The third-order valence-corrected chi connectivity index (χ3v) is 3.82. The van der Waals surface area contributed by atoms with Gasteiger partial charge in [-0.1, -0.05) is 30.2 Å². The number of hydrogen-bond donors (Lipinski definition) is 2. The molecule has 0 heterocycles. The summed E-state index contributed by atoms with van der Waals surface area (Å²) in [5.74, 6) is 0. The normalized spacial score (nSPS) is 26.8. The topological polar surface area (TPSA) is 38.0 Å². The average Bonchev–Trinajstić information content (AvgIpc) is 2.29. The molecule has 3 heteroatoms. The average molecular weight is 253 g/mol. The summed E-state index contributed by atoms with van der Waals surface area (Å²) in [6.45, 7) is 2.20. The standard InChI is InChI=1S/C14H21ClN2/c1-10(11-5-7-12(15)8-6-11)17-14-4-2-3-13(16)9-14/h5-8,10,13-14,17H,2-4,9,16H2,1H3. The Kier molecular flexibility index (Phi) is 4.43. The molecule has 0 radical (unpaired) electrons. The summed E-state index contributed by atoms with van der Waals surface area (Å²) in [4.78, 5) is 0. The number of hydrogen-bond acceptors (Lipinski definition) is 2. The van der Waals surface area contributed by atoms with Gasteiger partial charge in [-0.05, 0) is 43.9 Å². The fraction of sp³-hybridized carbons (Fsp3) is 0.571. The molecule has 1 aromatic carbocycles. The molecular weight excluding hydrogens is 232 g/mol. The van der Waals surface area contributed by atoms with Crippen molar-refractivity contribution >= 4 is 11.6 Å². The lowest BCUT2D eigenvalue weighted by atomic mass is 9.91. The fourth-order valence-electron chi connectivity index (χ4n) is 2.58. The van der Waals surface area contributed by atoms with Gasteiger partial charge in [0.1, 0.15) is 0 Å². The number of nitrogens with one attached hydrogen (secondary N) is 1. The quantitative estimate of drug-likeness (QED) is 0.867. The molecule has 94 valence electrons. The molecule has 2 nitrogen and oxygen atoms in total. The Hall–Kier alpha value is -0.570. The maximum absolute atomic E-state index is 6.00. The predicted octanol–water partition coefficient (Wildman–Crippen LogP) is 3.26. The van der Waals surface area contributed by atoms with Gasteiger partial charge in [0, 0.05) is 23.1 Å². The number of halogens is 1.